The molecule has 0 aromatic heterocycles. The maximum atomic E-state index is 10.8. The molecular formula is C12H22N2O4Si2. The number of hydrogen-bond acceptors (Lipinski definition) is 5. The first kappa shape index (κ1) is 16.8. The Morgan fingerprint density at radius 1 is 1.30 bits per heavy atom. The summed E-state index contributed by atoms with van der Waals surface area (Å²) in [5.74, 6) is 0. The molecule has 0 radical (unpaired) electrons. The molecule has 1 rings (SSSR count). The summed E-state index contributed by atoms with van der Waals surface area (Å²) >= 11 is 0. The van der Waals surface area contributed by atoms with E-state index < -0.39 is 29.9 Å². The lowest BCUT2D eigenvalue weighted by Crippen LogP contribution is -2.39. The minimum atomic E-state index is -0.611. The average molecular weight is 314 g/mol. The molecule has 0 heterocycles. The number of anilines is 1. The summed E-state index contributed by atoms with van der Waals surface area (Å²) < 4.78 is 11.6. The van der Waals surface area contributed by atoms with Gasteiger partial charge in [0.2, 0.25) is 0 Å². The lowest BCUT2D eigenvalue weighted by atomic mass is 9.83. The van der Waals surface area contributed by atoms with Crippen molar-refractivity contribution in [2.75, 3.05) is 5.73 Å². The van der Waals surface area contributed by atoms with Crippen molar-refractivity contribution in [3.63, 3.8) is 0 Å². The SMILES string of the molecule is C[SiH2]OC(O[SiH2]C)C(C)(C)c1ccc([N+](=O)[O-])c(N)c1. The molecule has 0 aliphatic carbocycles. The highest BCUT2D eigenvalue weighted by molar-refractivity contribution is 6.26. The Morgan fingerprint density at radius 3 is 2.25 bits per heavy atom. The first-order valence-electron chi connectivity index (χ1n) is 6.62. The summed E-state index contributed by atoms with van der Waals surface area (Å²) in [6, 6.07) is 4.81. The molecule has 8 heteroatoms. The highest BCUT2D eigenvalue weighted by Crippen LogP contribution is 2.33. The molecule has 1 aromatic carbocycles. The van der Waals surface area contributed by atoms with Crippen LogP contribution in [0.3, 0.4) is 0 Å². The van der Waals surface area contributed by atoms with Crippen LogP contribution in [0, 0.1) is 10.1 Å². The maximum absolute atomic E-state index is 10.8. The van der Waals surface area contributed by atoms with E-state index in [2.05, 4.69) is 0 Å². The highest BCUT2D eigenvalue weighted by atomic mass is 28.2. The van der Waals surface area contributed by atoms with E-state index in [1.54, 1.807) is 12.1 Å². The number of rotatable bonds is 7. The highest BCUT2D eigenvalue weighted by Gasteiger charge is 2.33. The third kappa shape index (κ3) is 3.66. The Kier molecular flexibility index (Phi) is 5.87. The van der Waals surface area contributed by atoms with E-state index in [0.717, 1.165) is 5.56 Å². The molecule has 6 nitrogen and oxygen atoms in total. The van der Waals surface area contributed by atoms with Crippen molar-refractivity contribution in [1.82, 2.24) is 0 Å². The van der Waals surface area contributed by atoms with E-state index in [1.165, 1.54) is 6.07 Å². The number of hydrogen-bond donors (Lipinski definition) is 1. The zero-order valence-corrected chi connectivity index (χ0v) is 15.2. The fraction of sp³-hybridized carbons (Fsp3) is 0.500. The first-order valence-corrected chi connectivity index (χ1v) is 10.6. The molecule has 0 bridgehead atoms. The number of nitrogen functional groups attached to an aromatic ring is 1. The monoisotopic (exact) mass is 314 g/mol. The van der Waals surface area contributed by atoms with Crippen LogP contribution in [0.1, 0.15) is 19.4 Å². The van der Waals surface area contributed by atoms with Crippen LogP contribution in [-0.2, 0) is 14.3 Å². The van der Waals surface area contributed by atoms with E-state index >= 15 is 0 Å². The van der Waals surface area contributed by atoms with Gasteiger partial charge in [-0.05, 0) is 11.6 Å². The maximum Gasteiger partial charge on any atom is 0.292 e. The van der Waals surface area contributed by atoms with Gasteiger partial charge in [0.05, 0.1) is 4.92 Å². The van der Waals surface area contributed by atoms with E-state index in [0.29, 0.717) is 0 Å². The number of benzene rings is 1. The molecule has 20 heavy (non-hydrogen) atoms. The number of nitrogens with two attached hydrogens (primary N) is 1. The number of nitro benzene ring substituents is 1. The predicted octanol–water partition coefficient (Wildman–Crippen LogP) is 1.08. The van der Waals surface area contributed by atoms with Gasteiger partial charge in [-0.2, -0.15) is 0 Å². The summed E-state index contributed by atoms with van der Waals surface area (Å²) in [4.78, 5) is 10.3. The second kappa shape index (κ2) is 6.98. The van der Waals surface area contributed by atoms with Gasteiger partial charge in [-0.3, -0.25) is 10.1 Å². The lowest BCUT2D eigenvalue weighted by Gasteiger charge is -2.35. The molecule has 0 spiro atoms. The Labute approximate surface area is 123 Å². The molecule has 0 saturated heterocycles. The third-order valence-corrected chi connectivity index (χ3v) is 4.47. The summed E-state index contributed by atoms with van der Waals surface area (Å²) in [6.45, 7) is 8.11. The summed E-state index contributed by atoms with van der Waals surface area (Å²) in [7, 11) is -1.22. The second-order valence-corrected chi connectivity index (χ2v) is 6.82. The minimum absolute atomic E-state index is 0.0716. The quantitative estimate of drug-likeness (QED) is 0.267. The standard InChI is InChI=1S/C12H22N2O4Si2/c1-12(2,11(17-19-3)18-20-4)8-5-6-10(14(15)16)9(13)7-8/h5-7,11H,13,19-20H2,1-4H3. The van der Waals surface area contributed by atoms with Crippen molar-refractivity contribution >= 4 is 30.9 Å². The Morgan fingerprint density at radius 2 is 1.85 bits per heavy atom. The van der Waals surface area contributed by atoms with Crippen LogP contribution in [0.5, 0.6) is 0 Å². The Balaban J connectivity index is 3.13. The topological polar surface area (TPSA) is 87.6 Å². The summed E-state index contributed by atoms with van der Waals surface area (Å²) in [6.07, 6.45) is -0.309. The fourth-order valence-corrected chi connectivity index (χ4v) is 3.85. The third-order valence-electron chi connectivity index (χ3n) is 3.19. The predicted molar refractivity (Wildman–Crippen MR) is 85.3 cm³/mol. The largest absolute Gasteiger partial charge is 0.400 e. The first-order chi connectivity index (χ1) is 9.34. The van der Waals surface area contributed by atoms with E-state index in [-0.39, 0.29) is 17.7 Å². The molecule has 1 aromatic rings. The second-order valence-electron chi connectivity index (χ2n) is 5.00. The molecule has 0 atom stereocenters. The molecule has 0 amide bonds. The van der Waals surface area contributed by atoms with Gasteiger partial charge >= 0.3 is 0 Å². The molecular weight excluding hydrogens is 292 g/mol. The van der Waals surface area contributed by atoms with Crippen molar-refractivity contribution in [1.29, 1.82) is 0 Å². The molecule has 2 N–H and O–H groups in total. The van der Waals surface area contributed by atoms with Gasteiger partial charge in [0.1, 0.15) is 12.0 Å². The van der Waals surface area contributed by atoms with Crippen LogP contribution in [-0.4, -0.2) is 30.7 Å². The van der Waals surface area contributed by atoms with Crippen LogP contribution in [0.15, 0.2) is 18.2 Å². The van der Waals surface area contributed by atoms with Crippen molar-refractivity contribution in [2.45, 2.75) is 38.6 Å². The van der Waals surface area contributed by atoms with E-state index in [4.69, 9.17) is 14.6 Å². The van der Waals surface area contributed by atoms with Crippen molar-refractivity contribution in [3.05, 3.63) is 33.9 Å². The van der Waals surface area contributed by atoms with Gasteiger partial charge in [0.15, 0.2) is 19.5 Å². The van der Waals surface area contributed by atoms with Crippen LogP contribution < -0.4 is 5.73 Å². The van der Waals surface area contributed by atoms with Crippen LogP contribution in [0.25, 0.3) is 0 Å². The smallest absolute Gasteiger partial charge is 0.292 e. The van der Waals surface area contributed by atoms with Gasteiger partial charge in [-0.1, -0.05) is 33.0 Å². The van der Waals surface area contributed by atoms with Crippen molar-refractivity contribution in [2.24, 2.45) is 0 Å². The normalized spacial score (nSPS) is 14.4. The van der Waals surface area contributed by atoms with Gasteiger partial charge in [0, 0.05) is 11.5 Å². The van der Waals surface area contributed by atoms with Crippen LogP contribution >= 0.6 is 0 Å². The zero-order valence-electron chi connectivity index (χ0n) is 12.4. The number of nitro groups is 1. The molecule has 0 unspecified atom stereocenters. The van der Waals surface area contributed by atoms with Gasteiger partial charge in [-0.15, -0.1) is 0 Å². The Bertz CT molecular complexity index is 477. The zero-order chi connectivity index (χ0) is 15.3. The molecule has 0 saturated carbocycles. The molecule has 0 aliphatic heterocycles. The van der Waals surface area contributed by atoms with Gasteiger partial charge in [0.25, 0.3) is 5.69 Å². The van der Waals surface area contributed by atoms with Gasteiger partial charge in [-0.25, -0.2) is 0 Å². The molecule has 112 valence electrons. The summed E-state index contributed by atoms with van der Waals surface area (Å²) in [5.41, 5.74) is 6.35. The Hall–Kier alpha value is -1.23. The fourth-order valence-electron chi connectivity index (χ4n) is 2.03. The summed E-state index contributed by atoms with van der Waals surface area (Å²) in [5, 5.41) is 10.8. The molecule has 0 fully saturated rings. The lowest BCUT2D eigenvalue weighted by molar-refractivity contribution is -0.383. The van der Waals surface area contributed by atoms with Crippen LogP contribution in [0.4, 0.5) is 11.4 Å². The van der Waals surface area contributed by atoms with Crippen LogP contribution in [0.2, 0.25) is 13.1 Å². The van der Waals surface area contributed by atoms with E-state index in [1.807, 2.05) is 26.9 Å². The van der Waals surface area contributed by atoms with Gasteiger partial charge < -0.3 is 14.6 Å². The van der Waals surface area contributed by atoms with E-state index in [9.17, 15) is 10.1 Å². The minimum Gasteiger partial charge on any atom is -0.400 e. The van der Waals surface area contributed by atoms with Crippen molar-refractivity contribution < 1.29 is 13.8 Å². The average Bonchev–Trinajstić information content (AvgIpc) is 2.37. The number of nitrogens with zero attached hydrogens (tertiary/aromatic N) is 1. The molecule has 0 aliphatic rings. The van der Waals surface area contributed by atoms with Crippen molar-refractivity contribution in [3.8, 4) is 0 Å².